The average Bonchev–Trinajstić information content (AvgIpc) is 2.84. The number of hydrogen-bond acceptors (Lipinski definition) is 4. The van der Waals surface area contributed by atoms with Crippen molar-refractivity contribution in [1.29, 1.82) is 0 Å². The highest BCUT2D eigenvalue weighted by Crippen LogP contribution is 2.46. The molecule has 152 valence electrons. The zero-order valence-corrected chi connectivity index (χ0v) is 18.1. The Balaban J connectivity index is 1.55. The second-order valence-corrected chi connectivity index (χ2v) is 10.2. The van der Waals surface area contributed by atoms with Crippen molar-refractivity contribution >= 4 is 44.3 Å². The van der Waals surface area contributed by atoms with Crippen molar-refractivity contribution in [3.05, 3.63) is 97.1 Å². The van der Waals surface area contributed by atoms with Crippen LogP contribution in [0.1, 0.15) is 0 Å². The van der Waals surface area contributed by atoms with Crippen molar-refractivity contribution in [2.75, 3.05) is 16.5 Å². The zero-order chi connectivity index (χ0) is 20.9. The first-order valence-corrected chi connectivity index (χ1v) is 12.3. The molecule has 6 heteroatoms. The number of benzene rings is 4. The summed E-state index contributed by atoms with van der Waals surface area (Å²) in [6.07, 6.45) is 0. The van der Waals surface area contributed by atoms with Gasteiger partial charge in [0.05, 0.1) is 63.9 Å². The molecule has 4 aromatic carbocycles. The first-order chi connectivity index (χ1) is 15.2. The van der Waals surface area contributed by atoms with Gasteiger partial charge in [0.15, 0.2) is 0 Å². The molecule has 0 aliphatic carbocycles. The third kappa shape index (κ3) is 2.79. The highest BCUT2D eigenvalue weighted by Gasteiger charge is 2.33. The van der Waals surface area contributed by atoms with Gasteiger partial charge in [-0.1, -0.05) is 48.5 Å². The van der Waals surface area contributed by atoms with E-state index in [1.54, 1.807) is 0 Å². The Labute approximate surface area is 185 Å². The van der Waals surface area contributed by atoms with Gasteiger partial charge in [0, 0.05) is 0 Å². The van der Waals surface area contributed by atoms with Crippen molar-refractivity contribution in [1.82, 2.24) is 0 Å². The second-order valence-electron chi connectivity index (χ2n) is 7.41. The first kappa shape index (κ1) is 18.5. The molecule has 0 spiro atoms. The zero-order valence-electron chi connectivity index (χ0n) is 16.5. The van der Waals surface area contributed by atoms with Gasteiger partial charge in [0.2, 0.25) is 0 Å². The minimum absolute atomic E-state index is 0.510. The lowest BCUT2D eigenvalue weighted by molar-refractivity contribution is 0.680. The fourth-order valence-electron chi connectivity index (χ4n) is 4.29. The third-order valence-corrected chi connectivity index (χ3v) is 8.68. The number of para-hydroxylation sites is 4. The Morgan fingerprint density at radius 1 is 0.452 bits per heavy atom. The van der Waals surface area contributed by atoms with E-state index in [9.17, 15) is 8.42 Å². The molecule has 0 amide bonds. The van der Waals surface area contributed by atoms with Crippen LogP contribution in [0.4, 0.5) is 22.7 Å². The Kier molecular flexibility index (Phi) is 4.30. The van der Waals surface area contributed by atoms with Gasteiger partial charge in [-0.15, -0.1) is 0 Å². The Morgan fingerprint density at radius 2 is 0.710 bits per heavy atom. The number of fused-ring (bicyclic) bond motifs is 4. The quantitative estimate of drug-likeness (QED) is 0.406. The summed E-state index contributed by atoms with van der Waals surface area (Å²) in [5.41, 5.74) is 3.73. The molecule has 2 aliphatic heterocycles. The van der Waals surface area contributed by atoms with Gasteiger partial charge in [0.1, 0.15) is 6.67 Å². The maximum atomic E-state index is 13.2. The normalized spacial score (nSPS) is 15.1. The van der Waals surface area contributed by atoms with E-state index in [0.29, 0.717) is 6.67 Å². The minimum atomic E-state index is -1.22. The van der Waals surface area contributed by atoms with Crippen LogP contribution in [0.5, 0.6) is 0 Å². The molecular weight excluding hydrogens is 424 g/mol. The molecule has 2 aliphatic rings. The summed E-state index contributed by atoms with van der Waals surface area (Å²) in [6.45, 7) is 0.510. The van der Waals surface area contributed by atoms with Crippen LogP contribution < -0.4 is 9.80 Å². The molecule has 31 heavy (non-hydrogen) atoms. The summed E-state index contributed by atoms with van der Waals surface area (Å²) >= 11 is 0. The van der Waals surface area contributed by atoms with Crippen molar-refractivity contribution in [3.8, 4) is 0 Å². The molecule has 0 radical (unpaired) electrons. The second kappa shape index (κ2) is 7.18. The van der Waals surface area contributed by atoms with E-state index in [1.807, 2.05) is 97.1 Å². The molecular formula is C25H18N2O2S2. The lowest BCUT2D eigenvalue weighted by atomic mass is 10.2. The maximum absolute atomic E-state index is 13.2. The number of hydrogen-bond donors (Lipinski definition) is 0. The summed E-state index contributed by atoms with van der Waals surface area (Å²) in [5.74, 6) is 0. The molecule has 0 aromatic heterocycles. The van der Waals surface area contributed by atoms with Crippen LogP contribution in [0.3, 0.4) is 0 Å². The monoisotopic (exact) mass is 442 g/mol. The molecule has 4 aromatic rings. The fraction of sp³-hybridized carbons (Fsp3) is 0.0400. The highest BCUT2D eigenvalue weighted by atomic mass is 32.2. The Hall–Kier alpha value is -3.22. The topological polar surface area (TPSA) is 40.6 Å². The molecule has 0 N–H and O–H groups in total. The molecule has 0 bridgehead atoms. The predicted molar refractivity (Wildman–Crippen MR) is 124 cm³/mol. The largest absolute Gasteiger partial charge is 0.321 e. The van der Waals surface area contributed by atoms with Crippen molar-refractivity contribution in [2.24, 2.45) is 0 Å². The van der Waals surface area contributed by atoms with Crippen LogP contribution in [0.2, 0.25) is 0 Å². The van der Waals surface area contributed by atoms with Crippen LogP contribution in [0.25, 0.3) is 0 Å². The smallest absolute Gasteiger partial charge is 0.100 e. The lowest BCUT2D eigenvalue weighted by Gasteiger charge is -2.40. The molecule has 2 heterocycles. The number of nitrogens with zero attached hydrogens (tertiary/aromatic N) is 2. The van der Waals surface area contributed by atoms with Crippen LogP contribution in [-0.2, 0) is 21.6 Å². The lowest BCUT2D eigenvalue weighted by Crippen LogP contribution is -2.37. The van der Waals surface area contributed by atoms with Gasteiger partial charge in [-0.05, 0) is 48.5 Å². The summed E-state index contributed by atoms with van der Waals surface area (Å²) in [5, 5.41) is 0. The van der Waals surface area contributed by atoms with Gasteiger partial charge in [-0.2, -0.15) is 0 Å². The van der Waals surface area contributed by atoms with Crippen molar-refractivity contribution < 1.29 is 8.42 Å². The first-order valence-electron chi connectivity index (χ1n) is 9.99. The molecule has 0 unspecified atom stereocenters. The standard InChI is InChI=1S/C25H18N2O2S2/c28-30-22-13-5-1-9-18(22)26(19-10-2-6-14-23(19)30)17-27-20-11-3-7-15-24(20)31(29)25-16-8-4-12-21(25)27/h1-16H,17H2. The Morgan fingerprint density at radius 3 is 1.00 bits per heavy atom. The highest BCUT2D eigenvalue weighted by molar-refractivity contribution is 7.85. The molecule has 0 atom stereocenters. The average molecular weight is 443 g/mol. The van der Waals surface area contributed by atoms with Gasteiger partial charge < -0.3 is 9.80 Å². The molecule has 4 nitrogen and oxygen atoms in total. The van der Waals surface area contributed by atoms with Crippen LogP contribution in [0.15, 0.2) is 117 Å². The minimum Gasteiger partial charge on any atom is -0.321 e. The summed E-state index contributed by atoms with van der Waals surface area (Å²) < 4.78 is 26.4. The van der Waals surface area contributed by atoms with E-state index in [-0.39, 0.29) is 0 Å². The summed E-state index contributed by atoms with van der Waals surface area (Å²) in [7, 11) is -2.44. The summed E-state index contributed by atoms with van der Waals surface area (Å²) in [4.78, 5) is 7.64. The fourth-order valence-corrected chi connectivity index (χ4v) is 7.05. The molecule has 0 saturated heterocycles. The Bertz CT molecular complexity index is 1180. The van der Waals surface area contributed by atoms with E-state index in [0.717, 1.165) is 42.3 Å². The maximum Gasteiger partial charge on any atom is 0.100 e. The van der Waals surface area contributed by atoms with Gasteiger partial charge in [-0.25, -0.2) is 8.42 Å². The van der Waals surface area contributed by atoms with Crippen molar-refractivity contribution in [3.63, 3.8) is 0 Å². The van der Waals surface area contributed by atoms with Crippen LogP contribution in [-0.4, -0.2) is 15.1 Å². The van der Waals surface area contributed by atoms with Gasteiger partial charge in [0.25, 0.3) is 0 Å². The van der Waals surface area contributed by atoms with Crippen LogP contribution in [0, 0.1) is 0 Å². The third-order valence-electron chi connectivity index (χ3n) is 5.71. The summed E-state index contributed by atoms with van der Waals surface area (Å²) in [6, 6.07) is 31.4. The predicted octanol–water partition coefficient (Wildman–Crippen LogP) is 5.58. The van der Waals surface area contributed by atoms with E-state index < -0.39 is 21.6 Å². The SMILES string of the molecule is O=S1c2ccccc2N(CN2c3ccccc3S(=O)c3ccccc32)c2ccccc21. The van der Waals surface area contributed by atoms with E-state index in [4.69, 9.17) is 0 Å². The van der Waals surface area contributed by atoms with Gasteiger partial charge >= 0.3 is 0 Å². The van der Waals surface area contributed by atoms with E-state index in [2.05, 4.69) is 9.80 Å². The van der Waals surface area contributed by atoms with Crippen molar-refractivity contribution in [2.45, 2.75) is 19.6 Å². The van der Waals surface area contributed by atoms with E-state index >= 15 is 0 Å². The van der Waals surface area contributed by atoms with Crippen LogP contribution >= 0.6 is 0 Å². The number of rotatable bonds is 2. The van der Waals surface area contributed by atoms with Gasteiger partial charge in [-0.3, -0.25) is 0 Å². The van der Waals surface area contributed by atoms with E-state index in [1.165, 1.54) is 0 Å². The molecule has 0 saturated carbocycles. The molecule has 0 fully saturated rings. The number of anilines is 4. The molecule has 6 rings (SSSR count).